The molecular weight excluding hydrogens is 346 g/mol. The zero-order chi connectivity index (χ0) is 19.2. The van der Waals surface area contributed by atoms with Crippen molar-refractivity contribution >= 4 is 6.03 Å². The number of nitrogens with zero attached hydrogens (tertiary/aromatic N) is 2. The largest absolute Gasteiger partial charge is 0.493 e. The Balaban J connectivity index is 1.50. The van der Waals surface area contributed by atoms with Gasteiger partial charge < -0.3 is 24.4 Å². The molecule has 1 unspecified atom stereocenters. The molecule has 0 saturated carbocycles. The fourth-order valence-corrected chi connectivity index (χ4v) is 3.04. The third-order valence-electron chi connectivity index (χ3n) is 4.47. The van der Waals surface area contributed by atoms with E-state index in [9.17, 15) is 4.79 Å². The van der Waals surface area contributed by atoms with Crippen LogP contribution in [0.25, 0.3) is 0 Å². The smallest absolute Gasteiger partial charge is 0.317 e. The van der Waals surface area contributed by atoms with Crippen LogP contribution in [0.15, 0.2) is 36.4 Å². The van der Waals surface area contributed by atoms with Gasteiger partial charge in [0.25, 0.3) is 0 Å². The Labute approximate surface area is 159 Å². The number of nitrogens with one attached hydrogen (secondary N) is 1. The van der Waals surface area contributed by atoms with Gasteiger partial charge in [-0.05, 0) is 30.7 Å². The molecule has 1 aromatic heterocycles. The van der Waals surface area contributed by atoms with Gasteiger partial charge in [0.15, 0.2) is 11.5 Å². The number of aryl methyl sites for hydroxylation is 1. The lowest BCUT2D eigenvalue weighted by atomic mass is 10.2. The maximum absolute atomic E-state index is 12.4. The highest BCUT2D eigenvalue weighted by Crippen LogP contribution is 2.27. The van der Waals surface area contributed by atoms with Crippen molar-refractivity contribution in [3.05, 3.63) is 47.7 Å². The van der Waals surface area contributed by atoms with E-state index < -0.39 is 0 Å². The molecule has 3 rings (SSSR count). The normalized spacial score (nSPS) is 16.1. The van der Waals surface area contributed by atoms with Crippen molar-refractivity contribution in [3.8, 4) is 17.4 Å². The lowest BCUT2D eigenvalue weighted by molar-refractivity contribution is 0.183. The number of ether oxygens (including phenoxy) is 3. The van der Waals surface area contributed by atoms with E-state index in [0.29, 0.717) is 37.0 Å². The number of carbonyl (C=O) groups excluding carboxylic acids is 1. The summed E-state index contributed by atoms with van der Waals surface area (Å²) in [6.07, 6.45) is 0.755. The Hall–Kier alpha value is -2.96. The number of aromatic nitrogens is 1. The van der Waals surface area contributed by atoms with E-state index in [4.69, 9.17) is 14.2 Å². The van der Waals surface area contributed by atoms with Gasteiger partial charge in [-0.2, -0.15) is 0 Å². The van der Waals surface area contributed by atoms with Gasteiger partial charge >= 0.3 is 6.03 Å². The van der Waals surface area contributed by atoms with E-state index in [1.165, 1.54) is 0 Å². The lowest BCUT2D eigenvalue weighted by Gasteiger charge is -2.18. The molecule has 0 aliphatic carbocycles. The number of methoxy groups -OCH3 is 2. The Morgan fingerprint density at radius 1 is 1.22 bits per heavy atom. The van der Waals surface area contributed by atoms with E-state index >= 15 is 0 Å². The molecule has 0 spiro atoms. The lowest BCUT2D eigenvalue weighted by Crippen LogP contribution is -2.39. The monoisotopic (exact) mass is 371 g/mol. The number of likely N-dealkylation sites (tertiary alicyclic amines) is 1. The van der Waals surface area contributed by atoms with Gasteiger partial charge in [-0.15, -0.1) is 0 Å². The maximum Gasteiger partial charge on any atom is 0.317 e. The van der Waals surface area contributed by atoms with E-state index in [2.05, 4.69) is 10.3 Å². The Morgan fingerprint density at radius 2 is 2.04 bits per heavy atom. The summed E-state index contributed by atoms with van der Waals surface area (Å²) in [5.41, 5.74) is 1.85. The number of rotatable bonds is 6. The predicted octanol–water partition coefficient (Wildman–Crippen LogP) is 2.77. The van der Waals surface area contributed by atoms with Crippen LogP contribution in [-0.2, 0) is 6.54 Å². The van der Waals surface area contributed by atoms with Gasteiger partial charge in [0.2, 0.25) is 5.88 Å². The van der Waals surface area contributed by atoms with Gasteiger partial charge in [-0.3, -0.25) is 0 Å². The molecule has 144 valence electrons. The fourth-order valence-electron chi connectivity index (χ4n) is 3.04. The van der Waals surface area contributed by atoms with Gasteiger partial charge in [-0.25, -0.2) is 9.78 Å². The second-order valence-electron chi connectivity index (χ2n) is 6.44. The Kier molecular flexibility index (Phi) is 6.01. The second-order valence-corrected chi connectivity index (χ2v) is 6.44. The van der Waals surface area contributed by atoms with Crippen molar-refractivity contribution in [2.75, 3.05) is 27.3 Å². The molecule has 2 aromatic rings. The predicted molar refractivity (Wildman–Crippen MR) is 101 cm³/mol. The van der Waals surface area contributed by atoms with Crippen molar-refractivity contribution in [3.63, 3.8) is 0 Å². The highest BCUT2D eigenvalue weighted by molar-refractivity contribution is 5.74. The Morgan fingerprint density at radius 3 is 2.78 bits per heavy atom. The fraction of sp³-hybridized carbons (Fsp3) is 0.400. The molecule has 2 heterocycles. The van der Waals surface area contributed by atoms with E-state index in [-0.39, 0.29) is 12.1 Å². The molecule has 27 heavy (non-hydrogen) atoms. The highest BCUT2D eigenvalue weighted by atomic mass is 16.5. The van der Waals surface area contributed by atoms with E-state index in [0.717, 1.165) is 17.7 Å². The molecule has 7 heteroatoms. The summed E-state index contributed by atoms with van der Waals surface area (Å²) in [7, 11) is 3.19. The molecule has 1 fully saturated rings. The molecule has 0 bridgehead atoms. The summed E-state index contributed by atoms with van der Waals surface area (Å²) >= 11 is 0. The molecular formula is C20H25N3O4. The summed E-state index contributed by atoms with van der Waals surface area (Å²) in [4.78, 5) is 18.6. The summed E-state index contributed by atoms with van der Waals surface area (Å²) in [5, 5.41) is 2.94. The first-order valence-corrected chi connectivity index (χ1v) is 8.93. The van der Waals surface area contributed by atoms with Crippen molar-refractivity contribution in [2.45, 2.75) is 26.0 Å². The number of hydrogen-bond donors (Lipinski definition) is 1. The average Bonchev–Trinajstić information content (AvgIpc) is 3.14. The van der Waals surface area contributed by atoms with Crippen LogP contribution < -0.4 is 19.5 Å². The quantitative estimate of drug-likeness (QED) is 0.845. The number of carbonyl (C=O) groups is 1. The third kappa shape index (κ3) is 4.81. The number of pyridine rings is 1. The van der Waals surface area contributed by atoms with Crippen molar-refractivity contribution in [1.82, 2.24) is 15.2 Å². The molecule has 1 N–H and O–H groups in total. The molecule has 1 aliphatic rings. The van der Waals surface area contributed by atoms with Crippen LogP contribution in [-0.4, -0.2) is 49.3 Å². The third-order valence-corrected chi connectivity index (χ3v) is 4.47. The number of urea groups is 1. The van der Waals surface area contributed by atoms with Crippen LogP contribution in [0.1, 0.15) is 17.7 Å². The maximum atomic E-state index is 12.4. The summed E-state index contributed by atoms with van der Waals surface area (Å²) in [5.74, 6) is 1.91. The first-order chi connectivity index (χ1) is 13.1. The zero-order valence-corrected chi connectivity index (χ0v) is 15.9. The van der Waals surface area contributed by atoms with Crippen molar-refractivity contribution in [2.24, 2.45) is 0 Å². The van der Waals surface area contributed by atoms with Crippen LogP contribution in [0.2, 0.25) is 0 Å². The molecule has 0 radical (unpaired) electrons. The molecule has 7 nitrogen and oxygen atoms in total. The minimum Gasteiger partial charge on any atom is -0.493 e. The average molecular weight is 371 g/mol. The second kappa shape index (κ2) is 8.62. The van der Waals surface area contributed by atoms with Crippen LogP contribution in [0.5, 0.6) is 17.4 Å². The molecule has 1 saturated heterocycles. The molecule has 1 aromatic carbocycles. The van der Waals surface area contributed by atoms with E-state index in [1.807, 2.05) is 43.3 Å². The first kappa shape index (κ1) is 18.8. The van der Waals surface area contributed by atoms with Crippen LogP contribution in [0, 0.1) is 6.92 Å². The minimum atomic E-state index is -0.104. The summed E-state index contributed by atoms with van der Waals surface area (Å²) < 4.78 is 16.4. The number of benzene rings is 1. The molecule has 1 atom stereocenters. The van der Waals surface area contributed by atoms with Gasteiger partial charge in [0, 0.05) is 31.3 Å². The molecule has 2 amide bonds. The van der Waals surface area contributed by atoms with Gasteiger partial charge in [-0.1, -0.05) is 12.1 Å². The topological polar surface area (TPSA) is 72.9 Å². The van der Waals surface area contributed by atoms with Crippen LogP contribution in [0.3, 0.4) is 0 Å². The van der Waals surface area contributed by atoms with E-state index in [1.54, 1.807) is 19.1 Å². The highest BCUT2D eigenvalue weighted by Gasteiger charge is 2.27. The summed E-state index contributed by atoms with van der Waals surface area (Å²) in [6, 6.07) is 11.2. The van der Waals surface area contributed by atoms with Crippen molar-refractivity contribution < 1.29 is 19.0 Å². The Bertz CT molecular complexity index is 797. The SMILES string of the molecule is COc1ccc(CNC(=O)N2CCC(Oc3cccc(C)n3)C2)cc1OC. The van der Waals surface area contributed by atoms with Crippen molar-refractivity contribution in [1.29, 1.82) is 0 Å². The van der Waals surface area contributed by atoms with Crippen LogP contribution >= 0.6 is 0 Å². The number of amides is 2. The summed E-state index contributed by atoms with van der Waals surface area (Å²) in [6.45, 7) is 3.55. The van der Waals surface area contributed by atoms with Gasteiger partial charge in [0.1, 0.15) is 6.10 Å². The van der Waals surface area contributed by atoms with Gasteiger partial charge in [0.05, 0.1) is 20.8 Å². The molecule has 1 aliphatic heterocycles. The minimum absolute atomic E-state index is 0.0360. The van der Waals surface area contributed by atoms with Crippen LogP contribution in [0.4, 0.5) is 4.79 Å². The first-order valence-electron chi connectivity index (χ1n) is 8.93. The zero-order valence-electron chi connectivity index (χ0n) is 15.9. The standard InChI is InChI=1S/C20H25N3O4/c1-14-5-4-6-19(22-14)27-16-9-10-23(13-16)20(24)21-12-15-7-8-17(25-2)18(11-15)26-3/h4-8,11,16H,9-10,12-13H2,1-3H3,(H,21,24). The number of hydrogen-bond acceptors (Lipinski definition) is 5.